The first-order chi connectivity index (χ1) is 11.0. The lowest BCUT2D eigenvalue weighted by Crippen LogP contribution is -3.00. The van der Waals surface area contributed by atoms with Crippen molar-refractivity contribution in [3.63, 3.8) is 0 Å². The van der Waals surface area contributed by atoms with Gasteiger partial charge in [-0.15, -0.1) is 0 Å². The first-order valence-corrected chi connectivity index (χ1v) is 7.25. The predicted molar refractivity (Wildman–Crippen MR) is 79.7 cm³/mol. The Bertz CT molecular complexity index is 567. The van der Waals surface area contributed by atoms with Crippen LogP contribution in [-0.4, -0.2) is 47.2 Å². The zero-order valence-electron chi connectivity index (χ0n) is 13.5. The molecule has 1 aromatic rings. The summed E-state index contributed by atoms with van der Waals surface area (Å²) >= 11 is 0. The van der Waals surface area contributed by atoms with E-state index in [2.05, 4.69) is 10.3 Å². The monoisotopic (exact) mass is 359 g/mol. The van der Waals surface area contributed by atoms with Gasteiger partial charge in [-0.25, -0.2) is 4.79 Å². The standard InChI is InChI=1S/C15H20N2O6.ClH/c1-3-22-13(19)6-5-12(15(21)23-4-2)17-14(20)10-7-11(18)9-16-8-10;/h7-9,12,18H,3-6H2,1-2H3,(H,17,20);1H/p-1. The van der Waals surface area contributed by atoms with Gasteiger partial charge in [-0.2, -0.15) is 0 Å². The van der Waals surface area contributed by atoms with Gasteiger partial charge >= 0.3 is 11.9 Å². The van der Waals surface area contributed by atoms with Gasteiger partial charge in [0.05, 0.1) is 25.0 Å². The Kier molecular flexibility index (Phi) is 10.1. The molecule has 1 amide bonds. The Morgan fingerprint density at radius 2 is 1.88 bits per heavy atom. The number of carbonyl (C=O) groups excluding carboxylic acids is 3. The molecule has 2 N–H and O–H groups in total. The molecule has 1 rings (SSSR count). The molecule has 8 nitrogen and oxygen atoms in total. The molecule has 0 aliphatic heterocycles. The summed E-state index contributed by atoms with van der Waals surface area (Å²) in [5.74, 6) is -1.87. The molecule has 0 aromatic carbocycles. The summed E-state index contributed by atoms with van der Waals surface area (Å²) < 4.78 is 9.68. The van der Waals surface area contributed by atoms with Gasteiger partial charge in [0.1, 0.15) is 11.8 Å². The minimum atomic E-state index is -0.991. The van der Waals surface area contributed by atoms with Gasteiger partial charge in [0.15, 0.2) is 0 Å². The topological polar surface area (TPSA) is 115 Å². The lowest BCUT2D eigenvalue weighted by molar-refractivity contribution is -0.146. The van der Waals surface area contributed by atoms with Gasteiger partial charge in [-0.1, -0.05) is 0 Å². The van der Waals surface area contributed by atoms with Crippen molar-refractivity contribution >= 4 is 17.8 Å². The number of hydrogen-bond donors (Lipinski definition) is 2. The summed E-state index contributed by atoms with van der Waals surface area (Å²) in [5, 5.41) is 11.8. The second-order valence-corrected chi connectivity index (χ2v) is 4.55. The molecule has 0 spiro atoms. The highest BCUT2D eigenvalue weighted by molar-refractivity contribution is 5.96. The maximum atomic E-state index is 12.1. The number of rotatable bonds is 8. The molecule has 134 valence electrons. The molecule has 0 bridgehead atoms. The summed E-state index contributed by atoms with van der Waals surface area (Å²) in [5.41, 5.74) is 0.0930. The van der Waals surface area contributed by atoms with Crippen LogP contribution in [-0.2, 0) is 19.1 Å². The highest BCUT2D eigenvalue weighted by Crippen LogP contribution is 2.10. The molecular formula is C15H20ClN2O6-. The minimum absolute atomic E-state index is 0. The number of hydrogen-bond acceptors (Lipinski definition) is 7. The van der Waals surface area contributed by atoms with Gasteiger partial charge in [-0.3, -0.25) is 14.6 Å². The summed E-state index contributed by atoms with van der Waals surface area (Å²) in [6, 6.07) is 0.227. The predicted octanol–water partition coefficient (Wildman–Crippen LogP) is -2.20. The molecule has 9 heteroatoms. The minimum Gasteiger partial charge on any atom is -1.00 e. The number of pyridine rings is 1. The fourth-order valence-electron chi connectivity index (χ4n) is 1.78. The third-order valence-electron chi connectivity index (χ3n) is 2.80. The van der Waals surface area contributed by atoms with E-state index in [0.717, 1.165) is 0 Å². The van der Waals surface area contributed by atoms with Crippen LogP contribution in [0.1, 0.15) is 37.0 Å². The van der Waals surface area contributed by atoms with Gasteiger partial charge < -0.3 is 32.3 Å². The van der Waals surface area contributed by atoms with Crippen molar-refractivity contribution in [3.8, 4) is 5.75 Å². The van der Waals surface area contributed by atoms with E-state index in [9.17, 15) is 19.5 Å². The van der Waals surface area contributed by atoms with Crippen molar-refractivity contribution in [2.45, 2.75) is 32.7 Å². The van der Waals surface area contributed by atoms with Crippen LogP contribution in [0.2, 0.25) is 0 Å². The Morgan fingerprint density at radius 1 is 1.21 bits per heavy atom. The normalized spacial score (nSPS) is 10.9. The van der Waals surface area contributed by atoms with Gasteiger partial charge in [0.2, 0.25) is 0 Å². The van der Waals surface area contributed by atoms with E-state index in [1.165, 1.54) is 18.5 Å². The Hall–Kier alpha value is -2.35. The van der Waals surface area contributed by atoms with Crippen LogP contribution in [0.3, 0.4) is 0 Å². The van der Waals surface area contributed by atoms with Crippen molar-refractivity contribution in [3.05, 3.63) is 24.0 Å². The highest BCUT2D eigenvalue weighted by atomic mass is 35.5. The molecule has 0 saturated carbocycles. The quantitative estimate of drug-likeness (QED) is 0.506. The Labute approximate surface area is 146 Å². The molecule has 1 unspecified atom stereocenters. The fourth-order valence-corrected chi connectivity index (χ4v) is 1.78. The van der Waals surface area contributed by atoms with Gasteiger partial charge in [-0.05, 0) is 26.3 Å². The number of ether oxygens (including phenoxy) is 2. The van der Waals surface area contributed by atoms with E-state index < -0.39 is 23.9 Å². The molecule has 0 aliphatic carbocycles. The van der Waals surface area contributed by atoms with Crippen LogP contribution in [0.25, 0.3) is 0 Å². The van der Waals surface area contributed by atoms with E-state index in [4.69, 9.17) is 9.47 Å². The SMILES string of the molecule is CCOC(=O)CCC(NC(=O)c1cncc(O)c1)C(=O)OCC.[Cl-]. The molecular weight excluding hydrogens is 340 g/mol. The van der Waals surface area contributed by atoms with E-state index in [0.29, 0.717) is 0 Å². The first kappa shape index (κ1) is 21.6. The summed E-state index contributed by atoms with van der Waals surface area (Å²) in [7, 11) is 0. The zero-order chi connectivity index (χ0) is 17.2. The van der Waals surface area contributed by atoms with Crippen molar-refractivity contribution in [2.24, 2.45) is 0 Å². The molecule has 24 heavy (non-hydrogen) atoms. The van der Waals surface area contributed by atoms with Crippen molar-refractivity contribution in [1.82, 2.24) is 10.3 Å². The van der Waals surface area contributed by atoms with Crippen LogP contribution in [0.15, 0.2) is 18.5 Å². The molecule has 0 fully saturated rings. The molecule has 1 heterocycles. The number of aromatic nitrogens is 1. The number of aromatic hydroxyl groups is 1. The summed E-state index contributed by atoms with van der Waals surface area (Å²) in [6.45, 7) is 3.71. The van der Waals surface area contributed by atoms with Crippen LogP contribution >= 0.6 is 0 Å². The summed E-state index contributed by atoms with van der Waals surface area (Å²) in [4.78, 5) is 39.1. The number of nitrogens with zero attached hydrogens (tertiary/aromatic N) is 1. The van der Waals surface area contributed by atoms with E-state index in [-0.39, 0.29) is 49.8 Å². The van der Waals surface area contributed by atoms with Crippen molar-refractivity contribution < 1.29 is 41.4 Å². The van der Waals surface area contributed by atoms with Crippen LogP contribution in [0.5, 0.6) is 5.75 Å². The second kappa shape index (κ2) is 11.2. The summed E-state index contributed by atoms with van der Waals surface area (Å²) in [6.07, 6.45) is 2.45. The number of esters is 2. The maximum Gasteiger partial charge on any atom is 0.328 e. The number of nitrogens with one attached hydrogen (secondary N) is 1. The maximum absolute atomic E-state index is 12.1. The third-order valence-corrected chi connectivity index (χ3v) is 2.80. The lowest BCUT2D eigenvalue weighted by Gasteiger charge is -2.17. The zero-order valence-corrected chi connectivity index (χ0v) is 14.2. The number of amides is 1. The average molecular weight is 360 g/mol. The highest BCUT2D eigenvalue weighted by Gasteiger charge is 2.24. The molecule has 0 saturated heterocycles. The molecule has 0 aliphatic rings. The fraction of sp³-hybridized carbons (Fsp3) is 0.467. The Morgan fingerprint density at radius 3 is 2.46 bits per heavy atom. The largest absolute Gasteiger partial charge is 1.00 e. The van der Waals surface area contributed by atoms with Crippen molar-refractivity contribution in [2.75, 3.05) is 13.2 Å². The second-order valence-electron chi connectivity index (χ2n) is 4.55. The average Bonchev–Trinajstić information content (AvgIpc) is 2.51. The van der Waals surface area contributed by atoms with Crippen molar-refractivity contribution in [1.29, 1.82) is 0 Å². The van der Waals surface area contributed by atoms with Gasteiger partial charge in [0, 0.05) is 12.6 Å². The van der Waals surface area contributed by atoms with Crippen LogP contribution < -0.4 is 17.7 Å². The lowest BCUT2D eigenvalue weighted by atomic mass is 10.1. The van der Waals surface area contributed by atoms with Crippen LogP contribution in [0, 0.1) is 0 Å². The molecule has 0 radical (unpaired) electrons. The van der Waals surface area contributed by atoms with Crippen LogP contribution in [0.4, 0.5) is 0 Å². The Balaban J connectivity index is 0.00000529. The number of halogens is 1. The van der Waals surface area contributed by atoms with E-state index in [1.54, 1.807) is 13.8 Å². The first-order valence-electron chi connectivity index (χ1n) is 7.25. The van der Waals surface area contributed by atoms with E-state index in [1.807, 2.05) is 0 Å². The third kappa shape index (κ3) is 7.28. The number of carbonyl (C=O) groups is 3. The molecule has 1 aromatic heterocycles. The van der Waals surface area contributed by atoms with Gasteiger partial charge in [0.25, 0.3) is 5.91 Å². The smallest absolute Gasteiger partial charge is 0.328 e. The van der Waals surface area contributed by atoms with E-state index >= 15 is 0 Å². The molecule has 1 atom stereocenters.